The second kappa shape index (κ2) is 4.55. The van der Waals surface area contributed by atoms with Crippen molar-refractivity contribution in [3.63, 3.8) is 0 Å². The first kappa shape index (κ1) is 11.6. The zero-order chi connectivity index (χ0) is 11.6. The highest BCUT2D eigenvalue weighted by Gasteiger charge is 2.48. The molecule has 1 atom stereocenters. The Balaban J connectivity index is 2.05. The van der Waals surface area contributed by atoms with Gasteiger partial charge in [0.05, 0.1) is 13.2 Å². The van der Waals surface area contributed by atoms with E-state index in [-0.39, 0.29) is 12.1 Å². The van der Waals surface area contributed by atoms with Gasteiger partial charge in [0.1, 0.15) is 0 Å². The Labute approximate surface area is 95.6 Å². The molecule has 0 aromatic rings. The molecule has 1 saturated carbocycles. The van der Waals surface area contributed by atoms with Crippen molar-refractivity contribution in [3.05, 3.63) is 12.2 Å². The Morgan fingerprint density at radius 1 is 1.38 bits per heavy atom. The largest absolute Gasteiger partial charge is 0.453 e. The van der Waals surface area contributed by atoms with E-state index in [1.165, 1.54) is 0 Å². The summed E-state index contributed by atoms with van der Waals surface area (Å²) in [5.74, 6) is -1.03. The Kier molecular flexibility index (Phi) is 3.30. The number of ether oxygens (including phenoxy) is 3. The van der Waals surface area contributed by atoms with Gasteiger partial charge in [0.2, 0.25) is 5.79 Å². The van der Waals surface area contributed by atoms with Crippen LogP contribution < -0.4 is 0 Å². The van der Waals surface area contributed by atoms with Crippen LogP contribution in [-0.2, 0) is 19.0 Å². The van der Waals surface area contributed by atoms with Crippen LogP contribution in [0.25, 0.3) is 0 Å². The molecule has 1 aliphatic heterocycles. The molecule has 1 saturated heterocycles. The maximum Gasteiger partial charge on any atom is 0.333 e. The fourth-order valence-corrected chi connectivity index (χ4v) is 2.26. The van der Waals surface area contributed by atoms with E-state index in [9.17, 15) is 4.79 Å². The zero-order valence-corrected chi connectivity index (χ0v) is 9.66. The Morgan fingerprint density at radius 2 is 2.06 bits per heavy atom. The molecule has 0 amide bonds. The normalized spacial score (nSPS) is 27.9. The lowest BCUT2D eigenvalue weighted by Gasteiger charge is -2.38. The highest BCUT2D eigenvalue weighted by atomic mass is 16.8. The van der Waals surface area contributed by atoms with Gasteiger partial charge in [-0.2, -0.15) is 0 Å². The molecule has 4 nitrogen and oxygen atoms in total. The third kappa shape index (κ3) is 2.13. The summed E-state index contributed by atoms with van der Waals surface area (Å²) in [6, 6.07) is 0. The second-order valence-electron chi connectivity index (χ2n) is 4.43. The van der Waals surface area contributed by atoms with Crippen molar-refractivity contribution in [3.8, 4) is 0 Å². The van der Waals surface area contributed by atoms with Gasteiger partial charge < -0.3 is 14.2 Å². The van der Waals surface area contributed by atoms with Crippen molar-refractivity contribution in [1.29, 1.82) is 0 Å². The quantitative estimate of drug-likeness (QED) is 0.532. The summed E-state index contributed by atoms with van der Waals surface area (Å²) in [5, 5.41) is 0. The van der Waals surface area contributed by atoms with Crippen LogP contribution in [0.5, 0.6) is 0 Å². The molecule has 0 aromatic heterocycles. The molecule has 0 aromatic carbocycles. The van der Waals surface area contributed by atoms with Gasteiger partial charge in [0, 0.05) is 12.0 Å². The Morgan fingerprint density at radius 3 is 2.69 bits per heavy atom. The maximum atomic E-state index is 11.5. The molecule has 90 valence electrons. The lowest BCUT2D eigenvalue weighted by molar-refractivity contribution is -0.244. The fourth-order valence-electron chi connectivity index (χ4n) is 2.26. The highest BCUT2D eigenvalue weighted by Crippen LogP contribution is 2.37. The minimum absolute atomic E-state index is 0.284. The summed E-state index contributed by atoms with van der Waals surface area (Å²) in [7, 11) is 0. The van der Waals surface area contributed by atoms with Crippen molar-refractivity contribution in [1.82, 2.24) is 0 Å². The monoisotopic (exact) mass is 226 g/mol. The number of carbonyl (C=O) groups is 1. The average molecular weight is 226 g/mol. The van der Waals surface area contributed by atoms with Gasteiger partial charge in [0.15, 0.2) is 6.10 Å². The summed E-state index contributed by atoms with van der Waals surface area (Å²) in [5.41, 5.74) is 0.415. The summed E-state index contributed by atoms with van der Waals surface area (Å²) in [6.45, 7) is 6.40. The number of rotatable bonds is 2. The van der Waals surface area contributed by atoms with E-state index in [0.29, 0.717) is 18.8 Å². The number of hydrogen-bond acceptors (Lipinski definition) is 4. The van der Waals surface area contributed by atoms with Gasteiger partial charge in [-0.1, -0.05) is 6.58 Å². The molecule has 2 aliphatic rings. The van der Waals surface area contributed by atoms with E-state index >= 15 is 0 Å². The van der Waals surface area contributed by atoms with Gasteiger partial charge in [-0.25, -0.2) is 4.79 Å². The topological polar surface area (TPSA) is 44.8 Å². The van der Waals surface area contributed by atoms with Crippen LogP contribution in [0.4, 0.5) is 0 Å². The minimum atomic E-state index is -0.677. The molecular weight excluding hydrogens is 208 g/mol. The zero-order valence-electron chi connectivity index (χ0n) is 9.66. The minimum Gasteiger partial charge on any atom is -0.453 e. The molecule has 2 rings (SSSR count). The van der Waals surface area contributed by atoms with Crippen LogP contribution in [-0.4, -0.2) is 31.1 Å². The number of esters is 1. The van der Waals surface area contributed by atoms with Crippen LogP contribution in [0.2, 0.25) is 0 Å². The summed E-state index contributed by atoms with van der Waals surface area (Å²) < 4.78 is 16.7. The van der Waals surface area contributed by atoms with Gasteiger partial charge in [-0.05, 0) is 26.2 Å². The first-order chi connectivity index (χ1) is 7.64. The highest BCUT2D eigenvalue weighted by molar-refractivity contribution is 5.87. The third-order valence-corrected chi connectivity index (χ3v) is 3.11. The standard InChI is InChI=1S/C12H18O4/c1-9(2)11(13)16-10-5-3-4-6-12(10)14-7-8-15-12/h10H,1,3-8H2,2H3. The first-order valence-corrected chi connectivity index (χ1v) is 5.78. The number of carbonyl (C=O) groups excluding carboxylic acids is 1. The fraction of sp³-hybridized carbons (Fsp3) is 0.750. The van der Waals surface area contributed by atoms with Crippen LogP contribution in [0.15, 0.2) is 12.2 Å². The van der Waals surface area contributed by atoms with E-state index < -0.39 is 5.79 Å². The van der Waals surface area contributed by atoms with Gasteiger partial charge in [-0.15, -0.1) is 0 Å². The second-order valence-corrected chi connectivity index (χ2v) is 4.43. The SMILES string of the molecule is C=C(C)C(=O)OC1CCCCC12OCCO2. The van der Waals surface area contributed by atoms with Crippen LogP contribution in [0.1, 0.15) is 32.6 Å². The molecule has 0 bridgehead atoms. The van der Waals surface area contributed by atoms with Crippen molar-refractivity contribution >= 4 is 5.97 Å². The maximum absolute atomic E-state index is 11.5. The lowest BCUT2D eigenvalue weighted by Crippen LogP contribution is -2.48. The third-order valence-electron chi connectivity index (χ3n) is 3.11. The van der Waals surface area contributed by atoms with Crippen molar-refractivity contribution < 1.29 is 19.0 Å². The Bertz CT molecular complexity index is 291. The predicted octanol–water partition coefficient (Wildman–Crippen LogP) is 1.79. The van der Waals surface area contributed by atoms with Crippen molar-refractivity contribution in [2.24, 2.45) is 0 Å². The molecule has 0 N–H and O–H groups in total. The average Bonchev–Trinajstić information content (AvgIpc) is 2.71. The summed E-state index contributed by atoms with van der Waals surface area (Å²) >= 11 is 0. The lowest BCUT2D eigenvalue weighted by atomic mass is 9.91. The molecule has 4 heteroatoms. The first-order valence-electron chi connectivity index (χ1n) is 5.78. The molecule has 2 fully saturated rings. The molecule has 1 unspecified atom stereocenters. The van der Waals surface area contributed by atoms with E-state index in [2.05, 4.69) is 6.58 Å². The molecular formula is C12H18O4. The molecule has 1 spiro atoms. The van der Waals surface area contributed by atoms with Crippen molar-refractivity contribution in [2.45, 2.75) is 44.5 Å². The Hall–Kier alpha value is -0.870. The van der Waals surface area contributed by atoms with Crippen LogP contribution in [0.3, 0.4) is 0 Å². The molecule has 1 heterocycles. The number of hydrogen-bond donors (Lipinski definition) is 0. The van der Waals surface area contributed by atoms with Crippen molar-refractivity contribution in [2.75, 3.05) is 13.2 Å². The summed E-state index contributed by atoms with van der Waals surface area (Å²) in [6.07, 6.45) is 3.43. The van der Waals surface area contributed by atoms with Gasteiger partial charge in [0.25, 0.3) is 0 Å². The molecule has 0 radical (unpaired) electrons. The van der Waals surface area contributed by atoms with Gasteiger partial charge in [-0.3, -0.25) is 0 Å². The van der Waals surface area contributed by atoms with E-state index in [0.717, 1.165) is 25.7 Å². The molecule has 1 aliphatic carbocycles. The van der Waals surface area contributed by atoms with Gasteiger partial charge >= 0.3 is 5.97 Å². The predicted molar refractivity (Wildman–Crippen MR) is 57.8 cm³/mol. The summed E-state index contributed by atoms with van der Waals surface area (Å²) in [4.78, 5) is 11.5. The van der Waals surface area contributed by atoms with Crippen LogP contribution in [0, 0.1) is 0 Å². The van der Waals surface area contributed by atoms with E-state index in [1.807, 2.05) is 0 Å². The van der Waals surface area contributed by atoms with E-state index in [4.69, 9.17) is 14.2 Å². The van der Waals surface area contributed by atoms with Crippen LogP contribution >= 0.6 is 0 Å². The smallest absolute Gasteiger partial charge is 0.333 e. The van der Waals surface area contributed by atoms with E-state index in [1.54, 1.807) is 6.92 Å². The molecule has 16 heavy (non-hydrogen) atoms.